The van der Waals surface area contributed by atoms with Gasteiger partial charge in [0.25, 0.3) is 0 Å². The minimum Gasteiger partial charge on any atom is -1.00 e. The Morgan fingerprint density at radius 3 is 0.714 bits per heavy atom. The van der Waals surface area contributed by atoms with Crippen molar-refractivity contribution in [2.75, 3.05) is 26.2 Å². The molecule has 0 aromatic rings. The van der Waals surface area contributed by atoms with E-state index in [1.54, 1.807) is 0 Å². The van der Waals surface area contributed by atoms with Gasteiger partial charge in [-0.05, 0) is 0 Å². The quantitative estimate of drug-likeness (QED) is 0.505. The molecule has 0 amide bonds. The topological polar surface area (TPSA) is 28.2 Å². The van der Waals surface area contributed by atoms with Crippen LogP contribution in [0.25, 0.3) is 10.6 Å². The zero-order chi connectivity index (χ0) is 14.6. The van der Waals surface area contributed by atoms with Crippen LogP contribution < -0.4 is 24.8 Å². The fourth-order valence-corrected chi connectivity index (χ4v) is 1.18. The van der Waals surface area contributed by atoms with Gasteiger partial charge in [-0.2, -0.15) is 0 Å². The number of nitrogens with zero attached hydrogens (tertiary/aromatic N) is 2. The van der Waals surface area contributed by atoms with Crippen LogP contribution >= 0.6 is 0 Å². The molecule has 128 valence electrons. The molecule has 0 saturated carbocycles. The van der Waals surface area contributed by atoms with Crippen molar-refractivity contribution in [1.29, 1.82) is 0 Å². The first-order valence-electron chi connectivity index (χ1n) is 7.52. The van der Waals surface area contributed by atoms with Crippen molar-refractivity contribution in [1.82, 2.24) is 0 Å². The summed E-state index contributed by atoms with van der Waals surface area (Å²) in [5.74, 6) is 2.90. The molecule has 0 N–H and O–H groups in total. The predicted octanol–water partition coefficient (Wildman–Crippen LogP) is -0.650. The fraction of sp³-hybridized carbons (Fsp3) is 1.00. The minimum atomic E-state index is 0. The number of rotatable bonds is 8. The maximum absolute atomic E-state index is 4.37. The van der Waals surface area contributed by atoms with E-state index in [1.165, 1.54) is 0 Å². The number of hydrogen-bond donors (Lipinski definition) is 0. The summed E-state index contributed by atoms with van der Waals surface area (Å²) < 4.78 is 0. The Bertz CT molecular complexity index is 132. The molecule has 0 unspecified atom stereocenters. The Morgan fingerprint density at radius 2 is 0.619 bits per heavy atom. The van der Waals surface area contributed by atoms with Crippen LogP contribution in [0, 0.1) is 23.7 Å². The molecule has 0 spiro atoms. The summed E-state index contributed by atoms with van der Waals surface area (Å²) in [5.41, 5.74) is 0. The van der Waals surface area contributed by atoms with E-state index >= 15 is 0 Å². The van der Waals surface area contributed by atoms with Gasteiger partial charge in [0, 0.05) is 0 Å². The van der Waals surface area contributed by atoms with Crippen molar-refractivity contribution in [2.24, 2.45) is 23.7 Å². The van der Waals surface area contributed by atoms with Gasteiger partial charge in [0.1, 0.15) is 0 Å². The van der Waals surface area contributed by atoms with Crippen molar-refractivity contribution in [3.8, 4) is 0 Å². The molecule has 0 aliphatic heterocycles. The van der Waals surface area contributed by atoms with Gasteiger partial charge in [-0.3, -0.25) is 0 Å². The largest absolute Gasteiger partial charge is 4.00 e. The van der Waals surface area contributed by atoms with Gasteiger partial charge >= 0.3 is 21.7 Å². The predicted molar refractivity (Wildman–Crippen MR) is 85.5 cm³/mol. The van der Waals surface area contributed by atoms with E-state index in [0.717, 1.165) is 49.9 Å². The van der Waals surface area contributed by atoms with Gasteiger partial charge in [0.15, 0.2) is 0 Å². The molecule has 2 nitrogen and oxygen atoms in total. The van der Waals surface area contributed by atoms with E-state index in [2.05, 4.69) is 66.0 Å². The monoisotopic (exact) mass is 374 g/mol. The third-order valence-electron chi connectivity index (χ3n) is 1.98. The van der Waals surface area contributed by atoms with Crippen LogP contribution in [0.5, 0.6) is 0 Å². The average Bonchev–Trinajstić information content (AvgIpc) is 2.15. The molecule has 0 aromatic heterocycles. The molecular formula is C16H36Cl2N2Ti. The number of hydrogen-bond acceptors (Lipinski definition) is 0. The standard InChI is InChI=1S/2C8H18N.2ClH.Ti/c2*1-7(2)5-9-6-8(3)4;;;/h2*7-8H,5-6H2,1-4H3;2*1H;/q2*-1;;;+4/p-2. The first-order chi connectivity index (χ1) is 8.25. The number of halogens is 2. The second-order valence-corrected chi connectivity index (χ2v) is 6.75. The second-order valence-electron chi connectivity index (χ2n) is 6.75. The molecule has 0 saturated heterocycles. The van der Waals surface area contributed by atoms with E-state index in [9.17, 15) is 0 Å². The first-order valence-corrected chi connectivity index (χ1v) is 7.52. The molecule has 5 heteroatoms. The third-order valence-corrected chi connectivity index (χ3v) is 1.98. The molecule has 21 heavy (non-hydrogen) atoms. The van der Waals surface area contributed by atoms with Crippen LogP contribution in [0.4, 0.5) is 0 Å². The summed E-state index contributed by atoms with van der Waals surface area (Å²) in [6, 6.07) is 0. The molecule has 0 atom stereocenters. The van der Waals surface area contributed by atoms with E-state index in [-0.39, 0.29) is 46.5 Å². The summed E-state index contributed by atoms with van der Waals surface area (Å²) in [7, 11) is 0. The molecule has 0 aliphatic carbocycles. The van der Waals surface area contributed by atoms with Crippen LogP contribution in [0.2, 0.25) is 0 Å². The zero-order valence-electron chi connectivity index (χ0n) is 15.3. The third kappa shape index (κ3) is 44.9. The molecule has 0 radical (unpaired) electrons. The maximum Gasteiger partial charge on any atom is 4.00 e. The molecule has 0 bridgehead atoms. The normalized spacial score (nSPS) is 9.71. The van der Waals surface area contributed by atoms with Gasteiger partial charge < -0.3 is 35.4 Å². The van der Waals surface area contributed by atoms with Crippen molar-refractivity contribution in [2.45, 2.75) is 55.4 Å². The van der Waals surface area contributed by atoms with Gasteiger partial charge in [-0.1, -0.05) is 79.1 Å². The first kappa shape index (κ1) is 33.7. The second kappa shape index (κ2) is 23.5. The zero-order valence-corrected chi connectivity index (χ0v) is 18.4. The summed E-state index contributed by atoms with van der Waals surface area (Å²) in [5, 5.41) is 8.74. The van der Waals surface area contributed by atoms with Crippen molar-refractivity contribution in [3.05, 3.63) is 10.6 Å². The fourth-order valence-electron chi connectivity index (χ4n) is 1.18. The van der Waals surface area contributed by atoms with Gasteiger partial charge in [-0.25, -0.2) is 0 Å². The van der Waals surface area contributed by atoms with Gasteiger partial charge in [0.2, 0.25) is 0 Å². The Labute approximate surface area is 162 Å². The van der Waals surface area contributed by atoms with E-state index < -0.39 is 0 Å². The molecule has 0 fully saturated rings. The summed E-state index contributed by atoms with van der Waals surface area (Å²) >= 11 is 0. The summed E-state index contributed by atoms with van der Waals surface area (Å²) in [4.78, 5) is 0. The van der Waals surface area contributed by atoms with Gasteiger partial charge in [-0.15, -0.1) is 26.2 Å². The Kier molecular flexibility index (Phi) is 37.7. The minimum absolute atomic E-state index is 0. The molecule has 0 rings (SSSR count). The molecule has 0 aromatic carbocycles. The van der Waals surface area contributed by atoms with E-state index in [0.29, 0.717) is 0 Å². The van der Waals surface area contributed by atoms with E-state index in [1.807, 2.05) is 0 Å². The van der Waals surface area contributed by atoms with Crippen molar-refractivity contribution >= 4 is 0 Å². The Balaban J connectivity index is -0.0000000711. The molecule has 0 heterocycles. The van der Waals surface area contributed by atoms with Crippen LogP contribution in [-0.4, -0.2) is 26.2 Å². The SMILES string of the molecule is CC(C)C[N-]CC(C)C.CC(C)C[N-]CC(C)C.[Cl-].[Cl-].[Ti+4]. The smallest absolute Gasteiger partial charge is 1.00 e. The van der Waals surface area contributed by atoms with Crippen molar-refractivity contribution in [3.63, 3.8) is 0 Å². The molecular weight excluding hydrogens is 339 g/mol. The van der Waals surface area contributed by atoms with Crippen molar-refractivity contribution < 1.29 is 46.5 Å². The van der Waals surface area contributed by atoms with Crippen LogP contribution in [0.3, 0.4) is 0 Å². The Morgan fingerprint density at radius 1 is 0.476 bits per heavy atom. The maximum atomic E-state index is 4.37. The van der Waals surface area contributed by atoms with E-state index in [4.69, 9.17) is 0 Å². The average molecular weight is 375 g/mol. The Hall–Kier alpha value is 1.21. The molecule has 0 aliphatic rings. The summed E-state index contributed by atoms with van der Waals surface area (Å²) in [6.45, 7) is 21.7. The van der Waals surface area contributed by atoms with Crippen LogP contribution in [0.15, 0.2) is 0 Å². The van der Waals surface area contributed by atoms with Crippen LogP contribution in [0.1, 0.15) is 55.4 Å². The van der Waals surface area contributed by atoms with Gasteiger partial charge in [0.05, 0.1) is 0 Å². The van der Waals surface area contributed by atoms with Crippen LogP contribution in [-0.2, 0) is 21.7 Å². The summed E-state index contributed by atoms with van der Waals surface area (Å²) in [6.07, 6.45) is 0.